The lowest BCUT2D eigenvalue weighted by molar-refractivity contribution is 0.169. The minimum Gasteiger partial charge on any atom is -0.439 e. The SMILES string of the molecule is O=S(=O)(c1cc(F)ccc1F)N1CCN(Cc2nc3cc(-c4ccccc4)ccc3o2)CC1. The highest BCUT2D eigenvalue weighted by Gasteiger charge is 2.31. The molecule has 0 amide bonds. The molecule has 0 bridgehead atoms. The van der Waals surface area contributed by atoms with Crippen LogP contribution >= 0.6 is 0 Å². The molecule has 3 aromatic carbocycles. The number of rotatable bonds is 5. The summed E-state index contributed by atoms with van der Waals surface area (Å²) < 4.78 is 60.1. The Morgan fingerprint density at radius 2 is 1.64 bits per heavy atom. The molecule has 170 valence electrons. The molecule has 0 atom stereocenters. The second-order valence-electron chi connectivity index (χ2n) is 7.91. The number of hydrogen-bond donors (Lipinski definition) is 0. The average Bonchev–Trinajstić information content (AvgIpc) is 3.23. The summed E-state index contributed by atoms with van der Waals surface area (Å²) in [6.07, 6.45) is 0. The van der Waals surface area contributed by atoms with Gasteiger partial charge in [-0.05, 0) is 41.5 Å². The summed E-state index contributed by atoms with van der Waals surface area (Å²) in [5, 5.41) is 0. The van der Waals surface area contributed by atoms with Crippen molar-refractivity contribution < 1.29 is 21.6 Å². The van der Waals surface area contributed by atoms with Crippen molar-refractivity contribution in [3.63, 3.8) is 0 Å². The summed E-state index contributed by atoms with van der Waals surface area (Å²) in [6.45, 7) is 1.60. The third-order valence-corrected chi connectivity index (χ3v) is 7.65. The van der Waals surface area contributed by atoms with Gasteiger partial charge in [0, 0.05) is 26.2 Å². The van der Waals surface area contributed by atoms with Gasteiger partial charge in [0.25, 0.3) is 0 Å². The van der Waals surface area contributed by atoms with E-state index in [-0.39, 0.29) is 13.1 Å². The highest BCUT2D eigenvalue weighted by molar-refractivity contribution is 7.89. The molecule has 6 nitrogen and oxygen atoms in total. The molecule has 0 aliphatic carbocycles. The molecule has 0 radical (unpaired) electrons. The van der Waals surface area contributed by atoms with Gasteiger partial charge >= 0.3 is 0 Å². The zero-order valence-electron chi connectivity index (χ0n) is 17.6. The van der Waals surface area contributed by atoms with E-state index >= 15 is 0 Å². The predicted molar refractivity (Wildman–Crippen MR) is 120 cm³/mol. The Balaban J connectivity index is 1.27. The van der Waals surface area contributed by atoms with Crippen molar-refractivity contribution in [3.8, 4) is 11.1 Å². The molecule has 0 spiro atoms. The molecule has 4 aromatic rings. The fourth-order valence-electron chi connectivity index (χ4n) is 3.99. The standard InChI is InChI=1S/C24H21F2N3O3S/c25-19-7-8-20(26)23(15-19)33(30,31)29-12-10-28(11-13-29)16-24-27-21-14-18(6-9-22(21)32-24)17-4-2-1-3-5-17/h1-9,14-15H,10-13,16H2. The van der Waals surface area contributed by atoms with E-state index in [1.165, 1.54) is 4.31 Å². The summed E-state index contributed by atoms with van der Waals surface area (Å²) in [4.78, 5) is 5.99. The lowest BCUT2D eigenvalue weighted by atomic mass is 10.1. The van der Waals surface area contributed by atoms with Crippen molar-refractivity contribution >= 4 is 21.1 Å². The number of aromatic nitrogens is 1. The van der Waals surface area contributed by atoms with Gasteiger partial charge in [-0.3, -0.25) is 4.90 Å². The Morgan fingerprint density at radius 1 is 0.879 bits per heavy atom. The van der Waals surface area contributed by atoms with Crippen LogP contribution in [0.25, 0.3) is 22.2 Å². The zero-order valence-corrected chi connectivity index (χ0v) is 18.4. The molecular formula is C24H21F2N3O3S. The zero-order chi connectivity index (χ0) is 23.0. The second kappa shape index (κ2) is 8.66. The van der Waals surface area contributed by atoms with E-state index in [1.807, 2.05) is 53.4 Å². The topological polar surface area (TPSA) is 66.7 Å². The quantitative estimate of drug-likeness (QED) is 0.437. The van der Waals surface area contributed by atoms with Crippen LogP contribution in [0.2, 0.25) is 0 Å². The fourth-order valence-corrected chi connectivity index (χ4v) is 5.48. The first-order valence-corrected chi connectivity index (χ1v) is 12.0. The first-order valence-electron chi connectivity index (χ1n) is 10.5. The number of benzene rings is 3. The van der Waals surface area contributed by atoms with Gasteiger partial charge in [0.1, 0.15) is 22.0 Å². The van der Waals surface area contributed by atoms with Crippen molar-refractivity contribution in [2.45, 2.75) is 11.4 Å². The van der Waals surface area contributed by atoms with Crippen LogP contribution in [0.5, 0.6) is 0 Å². The maximum absolute atomic E-state index is 14.0. The van der Waals surface area contributed by atoms with E-state index < -0.39 is 26.6 Å². The highest BCUT2D eigenvalue weighted by atomic mass is 32.2. The van der Waals surface area contributed by atoms with Crippen molar-refractivity contribution in [2.24, 2.45) is 0 Å². The van der Waals surface area contributed by atoms with Crippen LogP contribution in [-0.2, 0) is 16.6 Å². The van der Waals surface area contributed by atoms with E-state index in [4.69, 9.17) is 4.42 Å². The lowest BCUT2D eigenvalue weighted by Crippen LogP contribution is -2.48. The number of sulfonamides is 1. The highest BCUT2D eigenvalue weighted by Crippen LogP contribution is 2.26. The normalized spacial score (nSPS) is 15.8. The van der Waals surface area contributed by atoms with Gasteiger partial charge in [-0.15, -0.1) is 0 Å². The third kappa shape index (κ3) is 4.39. The van der Waals surface area contributed by atoms with E-state index in [0.717, 1.165) is 34.8 Å². The molecule has 1 aliphatic heterocycles. The van der Waals surface area contributed by atoms with Gasteiger partial charge in [0.2, 0.25) is 15.9 Å². The minimum absolute atomic E-state index is 0.163. The molecule has 0 saturated carbocycles. The van der Waals surface area contributed by atoms with Crippen LogP contribution in [0.3, 0.4) is 0 Å². The molecule has 0 unspecified atom stereocenters. The molecular weight excluding hydrogens is 448 g/mol. The van der Waals surface area contributed by atoms with Crippen LogP contribution in [-0.4, -0.2) is 48.8 Å². The Labute approximate surface area is 190 Å². The monoisotopic (exact) mass is 469 g/mol. The van der Waals surface area contributed by atoms with Crippen LogP contribution in [0, 0.1) is 11.6 Å². The van der Waals surface area contributed by atoms with E-state index in [2.05, 4.69) is 4.98 Å². The summed E-state index contributed by atoms with van der Waals surface area (Å²) in [7, 11) is -4.11. The lowest BCUT2D eigenvalue weighted by Gasteiger charge is -2.33. The second-order valence-corrected chi connectivity index (χ2v) is 9.82. The van der Waals surface area contributed by atoms with Crippen LogP contribution < -0.4 is 0 Å². The summed E-state index contributed by atoms with van der Waals surface area (Å²) in [5.74, 6) is -1.21. The van der Waals surface area contributed by atoms with E-state index in [9.17, 15) is 17.2 Å². The van der Waals surface area contributed by atoms with Gasteiger partial charge in [0.15, 0.2) is 5.58 Å². The van der Waals surface area contributed by atoms with Crippen molar-refractivity contribution in [1.29, 1.82) is 0 Å². The molecule has 2 heterocycles. The number of piperazine rings is 1. The fraction of sp³-hybridized carbons (Fsp3) is 0.208. The average molecular weight is 470 g/mol. The number of nitrogens with zero attached hydrogens (tertiary/aromatic N) is 3. The molecule has 1 aliphatic rings. The third-order valence-electron chi connectivity index (χ3n) is 5.74. The number of halogens is 2. The maximum Gasteiger partial charge on any atom is 0.246 e. The van der Waals surface area contributed by atoms with E-state index in [0.29, 0.717) is 31.1 Å². The van der Waals surface area contributed by atoms with Crippen molar-refractivity contribution in [1.82, 2.24) is 14.2 Å². The van der Waals surface area contributed by atoms with Crippen molar-refractivity contribution in [3.05, 3.63) is 84.3 Å². The molecule has 5 rings (SSSR count). The van der Waals surface area contributed by atoms with Gasteiger partial charge in [0.05, 0.1) is 6.54 Å². The summed E-state index contributed by atoms with van der Waals surface area (Å²) >= 11 is 0. The predicted octanol–water partition coefficient (Wildman–Crippen LogP) is 4.28. The van der Waals surface area contributed by atoms with Gasteiger partial charge in [-0.2, -0.15) is 4.31 Å². The maximum atomic E-state index is 14.0. The molecule has 1 aromatic heterocycles. The Kier molecular flexibility index (Phi) is 5.69. The van der Waals surface area contributed by atoms with Gasteiger partial charge < -0.3 is 4.42 Å². The summed E-state index contributed by atoms with van der Waals surface area (Å²) in [6, 6.07) is 18.3. The number of oxazole rings is 1. The minimum atomic E-state index is -4.11. The van der Waals surface area contributed by atoms with Gasteiger partial charge in [-0.25, -0.2) is 22.2 Å². The van der Waals surface area contributed by atoms with Gasteiger partial charge in [-0.1, -0.05) is 36.4 Å². The van der Waals surface area contributed by atoms with Crippen LogP contribution in [0.15, 0.2) is 76.0 Å². The molecule has 9 heteroatoms. The molecule has 1 saturated heterocycles. The Bertz CT molecular complexity index is 1400. The molecule has 33 heavy (non-hydrogen) atoms. The van der Waals surface area contributed by atoms with Crippen molar-refractivity contribution in [2.75, 3.05) is 26.2 Å². The van der Waals surface area contributed by atoms with Crippen LogP contribution in [0.1, 0.15) is 5.89 Å². The number of hydrogen-bond acceptors (Lipinski definition) is 5. The smallest absolute Gasteiger partial charge is 0.246 e. The van der Waals surface area contributed by atoms with E-state index in [1.54, 1.807) is 0 Å². The van der Waals surface area contributed by atoms with Crippen LogP contribution in [0.4, 0.5) is 8.78 Å². The Hall–Kier alpha value is -3.14. The molecule has 0 N–H and O–H groups in total. The first-order chi connectivity index (χ1) is 15.9. The summed E-state index contributed by atoms with van der Waals surface area (Å²) in [5.41, 5.74) is 3.59. The Morgan fingerprint density at radius 3 is 2.39 bits per heavy atom. The number of fused-ring (bicyclic) bond motifs is 1. The largest absolute Gasteiger partial charge is 0.439 e. The first kappa shape index (κ1) is 21.7. The molecule has 1 fully saturated rings.